The summed E-state index contributed by atoms with van der Waals surface area (Å²) in [6.45, 7) is 5.16. The van der Waals surface area contributed by atoms with Crippen LogP contribution in [0.4, 0.5) is 5.13 Å². The smallest absolute Gasteiger partial charge is 0.305 e. The molecule has 0 bridgehead atoms. The summed E-state index contributed by atoms with van der Waals surface area (Å²) >= 11 is 1.53. The third-order valence-corrected chi connectivity index (χ3v) is 4.25. The summed E-state index contributed by atoms with van der Waals surface area (Å²) in [6, 6.07) is 8.24. The highest BCUT2D eigenvalue weighted by atomic mass is 32.1. The van der Waals surface area contributed by atoms with Crippen molar-refractivity contribution < 1.29 is 9.90 Å². The standard InChI is InChI=1S/C15H19N3O2S/c1-3-13-16-17-15(21-13)18(9-8-14(19)20)10-12-6-4-11(2)5-7-12/h4-7H,3,8-10H2,1-2H3,(H,19,20). The molecule has 1 N–H and O–H groups in total. The summed E-state index contributed by atoms with van der Waals surface area (Å²) < 4.78 is 0. The molecule has 0 atom stereocenters. The molecular weight excluding hydrogens is 286 g/mol. The van der Waals surface area contributed by atoms with Gasteiger partial charge < -0.3 is 10.0 Å². The molecule has 21 heavy (non-hydrogen) atoms. The molecule has 1 aromatic heterocycles. The first-order chi connectivity index (χ1) is 10.1. The van der Waals surface area contributed by atoms with Crippen molar-refractivity contribution in [3.05, 3.63) is 40.4 Å². The Kier molecular flexibility index (Phi) is 5.27. The van der Waals surface area contributed by atoms with Crippen LogP contribution >= 0.6 is 11.3 Å². The summed E-state index contributed by atoms with van der Waals surface area (Å²) in [6.07, 6.45) is 0.932. The number of carboxylic acid groups (broad SMARTS) is 1. The van der Waals surface area contributed by atoms with E-state index in [1.54, 1.807) is 0 Å². The molecule has 2 aromatic rings. The third-order valence-electron chi connectivity index (χ3n) is 3.12. The minimum atomic E-state index is -0.802. The minimum absolute atomic E-state index is 0.0902. The van der Waals surface area contributed by atoms with E-state index in [0.29, 0.717) is 13.1 Å². The van der Waals surface area contributed by atoms with Crippen molar-refractivity contribution in [2.45, 2.75) is 33.2 Å². The number of anilines is 1. The number of aliphatic carboxylic acids is 1. The van der Waals surface area contributed by atoms with Crippen LogP contribution in [0.1, 0.15) is 29.5 Å². The molecule has 0 saturated heterocycles. The Morgan fingerprint density at radius 1 is 1.29 bits per heavy atom. The molecule has 0 unspecified atom stereocenters. The maximum atomic E-state index is 10.8. The van der Waals surface area contributed by atoms with E-state index in [1.165, 1.54) is 16.9 Å². The molecule has 0 spiro atoms. The lowest BCUT2D eigenvalue weighted by Crippen LogP contribution is -2.25. The molecular formula is C15H19N3O2S. The normalized spacial score (nSPS) is 10.6. The SMILES string of the molecule is CCc1nnc(N(CCC(=O)O)Cc2ccc(C)cc2)s1. The quantitative estimate of drug-likeness (QED) is 0.852. The zero-order valence-electron chi connectivity index (χ0n) is 12.2. The third kappa shape index (κ3) is 4.53. The van der Waals surface area contributed by atoms with Crippen LogP contribution in [0.15, 0.2) is 24.3 Å². The van der Waals surface area contributed by atoms with Crippen molar-refractivity contribution in [3.8, 4) is 0 Å². The van der Waals surface area contributed by atoms with Crippen LogP contribution in [-0.2, 0) is 17.8 Å². The van der Waals surface area contributed by atoms with E-state index in [2.05, 4.69) is 34.5 Å². The molecule has 0 aliphatic rings. The van der Waals surface area contributed by atoms with E-state index < -0.39 is 5.97 Å². The summed E-state index contributed by atoms with van der Waals surface area (Å²) in [7, 11) is 0. The summed E-state index contributed by atoms with van der Waals surface area (Å²) in [4.78, 5) is 12.8. The van der Waals surface area contributed by atoms with Crippen molar-refractivity contribution in [2.75, 3.05) is 11.4 Å². The molecule has 0 amide bonds. The van der Waals surface area contributed by atoms with Crippen molar-refractivity contribution >= 4 is 22.4 Å². The Balaban J connectivity index is 2.14. The van der Waals surface area contributed by atoms with Crippen molar-refractivity contribution in [3.63, 3.8) is 0 Å². The van der Waals surface area contributed by atoms with Crippen LogP contribution < -0.4 is 4.90 Å². The van der Waals surface area contributed by atoms with E-state index in [9.17, 15) is 4.79 Å². The Morgan fingerprint density at radius 3 is 2.57 bits per heavy atom. The number of hydrogen-bond acceptors (Lipinski definition) is 5. The lowest BCUT2D eigenvalue weighted by molar-refractivity contribution is -0.136. The number of hydrogen-bond donors (Lipinski definition) is 1. The maximum absolute atomic E-state index is 10.8. The zero-order valence-corrected chi connectivity index (χ0v) is 13.1. The molecule has 112 valence electrons. The molecule has 0 radical (unpaired) electrons. The van der Waals surface area contributed by atoms with E-state index in [1.807, 2.05) is 18.7 Å². The summed E-state index contributed by atoms with van der Waals surface area (Å²) in [5.41, 5.74) is 2.35. The fraction of sp³-hybridized carbons (Fsp3) is 0.400. The van der Waals surface area contributed by atoms with Crippen molar-refractivity contribution in [1.82, 2.24) is 10.2 Å². The predicted octanol–water partition coefficient (Wildman–Crippen LogP) is 2.89. The van der Waals surface area contributed by atoms with Gasteiger partial charge in [-0.3, -0.25) is 4.79 Å². The lowest BCUT2D eigenvalue weighted by Gasteiger charge is -2.20. The Bertz CT molecular complexity index is 595. The minimum Gasteiger partial charge on any atom is -0.481 e. The predicted molar refractivity (Wildman–Crippen MR) is 83.8 cm³/mol. The van der Waals surface area contributed by atoms with Crippen LogP contribution in [0, 0.1) is 6.92 Å². The first-order valence-electron chi connectivity index (χ1n) is 6.93. The fourth-order valence-corrected chi connectivity index (χ4v) is 2.71. The van der Waals surface area contributed by atoms with Gasteiger partial charge in [0.05, 0.1) is 6.42 Å². The van der Waals surface area contributed by atoms with Gasteiger partial charge in [-0.15, -0.1) is 10.2 Å². The van der Waals surface area contributed by atoms with Crippen LogP contribution in [-0.4, -0.2) is 27.8 Å². The van der Waals surface area contributed by atoms with Gasteiger partial charge >= 0.3 is 5.97 Å². The van der Waals surface area contributed by atoms with Gasteiger partial charge in [0, 0.05) is 13.1 Å². The van der Waals surface area contributed by atoms with Crippen molar-refractivity contribution in [1.29, 1.82) is 0 Å². The highest BCUT2D eigenvalue weighted by Crippen LogP contribution is 2.23. The van der Waals surface area contributed by atoms with E-state index in [4.69, 9.17) is 5.11 Å². The van der Waals surface area contributed by atoms with Gasteiger partial charge in [-0.05, 0) is 18.9 Å². The largest absolute Gasteiger partial charge is 0.481 e. The topological polar surface area (TPSA) is 66.3 Å². The number of carbonyl (C=O) groups is 1. The van der Waals surface area contributed by atoms with Crippen molar-refractivity contribution in [2.24, 2.45) is 0 Å². The molecule has 1 aromatic carbocycles. The molecule has 0 aliphatic carbocycles. The van der Waals surface area contributed by atoms with Gasteiger partial charge in [-0.25, -0.2) is 0 Å². The second-order valence-corrected chi connectivity index (χ2v) is 5.92. The molecule has 5 nitrogen and oxygen atoms in total. The number of benzene rings is 1. The van der Waals surface area contributed by atoms with Crippen LogP contribution in [0.25, 0.3) is 0 Å². The molecule has 6 heteroatoms. The van der Waals surface area contributed by atoms with Crippen LogP contribution in [0.2, 0.25) is 0 Å². The average Bonchev–Trinajstić information content (AvgIpc) is 2.94. The molecule has 2 rings (SSSR count). The second-order valence-electron chi connectivity index (χ2n) is 4.88. The molecule has 0 saturated carbocycles. The molecule has 1 heterocycles. The van der Waals surface area contributed by atoms with Gasteiger partial charge in [0.2, 0.25) is 5.13 Å². The zero-order chi connectivity index (χ0) is 15.2. The van der Waals surface area contributed by atoms with Gasteiger partial charge in [0.15, 0.2) is 0 Å². The first kappa shape index (κ1) is 15.4. The summed E-state index contributed by atoms with van der Waals surface area (Å²) in [5.74, 6) is -0.802. The number of rotatable bonds is 7. The van der Waals surface area contributed by atoms with E-state index >= 15 is 0 Å². The average molecular weight is 305 g/mol. The number of carboxylic acids is 1. The Labute approximate surface area is 128 Å². The van der Waals surface area contributed by atoms with Gasteiger partial charge in [-0.1, -0.05) is 48.1 Å². The van der Waals surface area contributed by atoms with Gasteiger partial charge in [0.1, 0.15) is 5.01 Å². The number of nitrogens with zero attached hydrogens (tertiary/aromatic N) is 3. The Morgan fingerprint density at radius 2 is 2.00 bits per heavy atom. The van der Waals surface area contributed by atoms with E-state index in [0.717, 1.165) is 22.1 Å². The highest BCUT2D eigenvalue weighted by molar-refractivity contribution is 7.15. The van der Waals surface area contributed by atoms with E-state index in [-0.39, 0.29) is 6.42 Å². The molecule has 0 aliphatic heterocycles. The van der Waals surface area contributed by atoms with Gasteiger partial charge in [-0.2, -0.15) is 0 Å². The van der Waals surface area contributed by atoms with Crippen LogP contribution in [0.5, 0.6) is 0 Å². The maximum Gasteiger partial charge on any atom is 0.305 e. The van der Waals surface area contributed by atoms with Gasteiger partial charge in [0.25, 0.3) is 0 Å². The lowest BCUT2D eigenvalue weighted by atomic mass is 10.1. The molecule has 0 fully saturated rings. The number of aryl methyl sites for hydroxylation is 2. The Hall–Kier alpha value is -1.95. The fourth-order valence-electron chi connectivity index (χ4n) is 1.90. The second kappa shape index (κ2) is 7.17. The number of aromatic nitrogens is 2. The first-order valence-corrected chi connectivity index (χ1v) is 7.74. The highest BCUT2D eigenvalue weighted by Gasteiger charge is 2.14. The summed E-state index contributed by atoms with van der Waals surface area (Å²) in [5, 5.41) is 19.0. The monoisotopic (exact) mass is 305 g/mol. The van der Waals surface area contributed by atoms with Crippen LogP contribution in [0.3, 0.4) is 0 Å².